The highest BCUT2D eigenvalue weighted by atomic mass is 16.6. The third kappa shape index (κ3) is 8.08. The first-order valence-electron chi connectivity index (χ1n) is 11.6. The van der Waals surface area contributed by atoms with Crippen molar-refractivity contribution in [1.29, 1.82) is 0 Å². The van der Waals surface area contributed by atoms with Gasteiger partial charge in [-0.15, -0.1) is 0 Å². The Morgan fingerprint density at radius 2 is 1.74 bits per heavy atom. The summed E-state index contributed by atoms with van der Waals surface area (Å²) in [5.74, 6) is -2.58. The second-order valence-electron chi connectivity index (χ2n) is 9.92. The van der Waals surface area contributed by atoms with Gasteiger partial charge in [-0.25, -0.2) is 9.59 Å². The van der Waals surface area contributed by atoms with Gasteiger partial charge in [0.05, 0.1) is 13.5 Å². The van der Waals surface area contributed by atoms with Crippen LogP contribution in [0.1, 0.15) is 53.0 Å². The van der Waals surface area contributed by atoms with Gasteiger partial charge in [-0.2, -0.15) is 0 Å². The average Bonchev–Trinajstić information content (AvgIpc) is 3.03. The van der Waals surface area contributed by atoms with Gasteiger partial charge in [0.2, 0.25) is 11.8 Å². The summed E-state index contributed by atoms with van der Waals surface area (Å²) in [6, 6.07) is 5.75. The molecule has 192 valence electrons. The van der Waals surface area contributed by atoms with Crippen LogP contribution in [-0.4, -0.2) is 65.5 Å². The molecule has 0 aromatic heterocycles. The lowest BCUT2D eigenvalue weighted by molar-refractivity contribution is -0.157. The Hall–Kier alpha value is -3.43. The van der Waals surface area contributed by atoms with Crippen LogP contribution in [-0.2, 0) is 35.1 Å². The summed E-state index contributed by atoms with van der Waals surface area (Å²) < 4.78 is 10.1. The Kier molecular flexibility index (Phi) is 9.39. The minimum absolute atomic E-state index is 0.0154. The maximum absolute atomic E-state index is 13.1. The van der Waals surface area contributed by atoms with Crippen molar-refractivity contribution in [3.63, 3.8) is 0 Å². The molecular formula is C25H35N3O7. The van der Waals surface area contributed by atoms with Crippen molar-refractivity contribution < 1.29 is 33.4 Å². The predicted molar refractivity (Wildman–Crippen MR) is 127 cm³/mol. The number of hydrogen-bond donors (Lipinski definition) is 2. The van der Waals surface area contributed by atoms with E-state index in [1.54, 1.807) is 45.0 Å². The van der Waals surface area contributed by atoms with Gasteiger partial charge >= 0.3 is 12.1 Å². The average molecular weight is 490 g/mol. The highest BCUT2D eigenvalue weighted by molar-refractivity contribution is 6.09. The Balaban J connectivity index is 2.19. The molecule has 0 aliphatic carbocycles. The molecule has 1 aromatic carbocycles. The number of carbonyl (C=O) groups is 5. The van der Waals surface area contributed by atoms with Gasteiger partial charge in [0.1, 0.15) is 23.7 Å². The Labute approximate surface area is 205 Å². The molecule has 1 aliphatic rings. The van der Waals surface area contributed by atoms with E-state index in [1.807, 2.05) is 19.9 Å². The normalized spacial score (nSPS) is 17.7. The number of amides is 4. The highest BCUT2D eigenvalue weighted by Gasteiger charge is 2.46. The zero-order valence-electron chi connectivity index (χ0n) is 21.1. The van der Waals surface area contributed by atoms with Crippen LogP contribution in [0.25, 0.3) is 0 Å². The predicted octanol–water partition coefficient (Wildman–Crippen LogP) is 1.95. The summed E-state index contributed by atoms with van der Waals surface area (Å²) in [7, 11) is 1.19. The monoisotopic (exact) mass is 489 g/mol. The number of rotatable bonds is 9. The zero-order chi connectivity index (χ0) is 26.3. The number of nitrogens with one attached hydrogen (secondary N) is 2. The molecule has 35 heavy (non-hydrogen) atoms. The molecule has 10 nitrogen and oxygen atoms in total. The summed E-state index contributed by atoms with van der Waals surface area (Å²) in [4.78, 5) is 64.4. The van der Waals surface area contributed by atoms with Crippen LogP contribution in [0.3, 0.4) is 0 Å². The largest absolute Gasteiger partial charge is 0.467 e. The van der Waals surface area contributed by atoms with Crippen LogP contribution in [0.15, 0.2) is 30.3 Å². The molecule has 0 saturated carbocycles. The second kappa shape index (κ2) is 11.8. The maximum atomic E-state index is 13.1. The van der Waals surface area contributed by atoms with E-state index >= 15 is 0 Å². The van der Waals surface area contributed by atoms with E-state index in [2.05, 4.69) is 10.6 Å². The Morgan fingerprint density at radius 1 is 1.11 bits per heavy atom. The molecule has 0 unspecified atom stereocenters. The third-order valence-corrected chi connectivity index (χ3v) is 5.27. The quantitative estimate of drug-likeness (QED) is 0.400. The van der Waals surface area contributed by atoms with Crippen LogP contribution in [0, 0.1) is 5.92 Å². The minimum atomic E-state index is -1.16. The summed E-state index contributed by atoms with van der Waals surface area (Å²) in [6.07, 6.45) is -0.697. The molecule has 1 aromatic rings. The molecular weight excluding hydrogens is 454 g/mol. The molecule has 1 aliphatic heterocycles. The fourth-order valence-corrected chi connectivity index (χ4v) is 3.76. The summed E-state index contributed by atoms with van der Waals surface area (Å²) in [5, 5.41) is 5.12. The van der Waals surface area contributed by atoms with Crippen molar-refractivity contribution >= 4 is 29.8 Å². The molecule has 0 spiro atoms. The topological polar surface area (TPSA) is 131 Å². The van der Waals surface area contributed by atoms with Gasteiger partial charge in [0.25, 0.3) is 5.91 Å². The highest BCUT2D eigenvalue weighted by Crippen LogP contribution is 2.22. The molecule has 0 bridgehead atoms. The number of nitrogens with zero attached hydrogens (tertiary/aromatic N) is 1. The molecule has 4 amide bonds. The van der Waals surface area contributed by atoms with Crippen molar-refractivity contribution in [1.82, 2.24) is 15.5 Å². The van der Waals surface area contributed by atoms with Crippen molar-refractivity contribution in [2.24, 2.45) is 5.92 Å². The lowest BCUT2D eigenvalue weighted by Gasteiger charge is -2.26. The minimum Gasteiger partial charge on any atom is -0.467 e. The van der Waals surface area contributed by atoms with Crippen molar-refractivity contribution in [2.75, 3.05) is 7.11 Å². The van der Waals surface area contributed by atoms with Gasteiger partial charge in [0, 0.05) is 6.42 Å². The van der Waals surface area contributed by atoms with Crippen LogP contribution >= 0.6 is 0 Å². The molecule has 1 heterocycles. The SMILES string of the molecule is COC(=O)[C@H](CC(C)C)N1C(=O)C[C@@H](NC(=O)[C@H](Cc2ccccc2)NC(=O)OC(C)(C)C)C1=O. The molecule has 10 heteroatoms. The molecule has 0 radical (unpaired) electrons. The number of alkyl carbamates (subject to hydrolysis) is 1. The van der Waals surface area contributed by atoms with Crippen LogP contribution in [0.2, 0.25) is 0 Å². The number of carbonyl (C=O) groups excluding carboxylic acids is 5. The zero-order valence-corrected chi connectivity index (χ0v) is 21.1. The molecule has 3 atom stereocenters. The fourth-order valence-electron chi connectivity index (χ4n) is 3.76. The lowest BCUT2D eigenvalue weighted by atomic mass is 10.0. The smallest absolute Gasteiger partial charge is 0.408 e. The number of ether oxygens (including phenoxy) is 2. The standard InChI is InChI=1S/C25H35N3O7/c1-15(2)12-19(23(32)34-6)28-20(29)14-18(22(28)31)26-21(30)17(13-16-10-8-7-9-11-16)27-24(33)35-25(3,4)5/h7-11,15,17-19H,12-14H2,1-6H3,(H,26,30)(H,27,33)/t17-,18+,19-/m0/s1. The van der Waals surface area contributed by atoms with Gasteiger partial charge < -0.3 is 20.1 Å². The number of esters is 1. The second-order valence-corrected chi connectivity index (χ2v) is 9.92. The molecule has 1 fully saturated rings. The number of hydrogen-bond acceptors (Lipinski definition) is 7. The maximum Gasteiger partial charge on any atom is 0.408 e. The van der Waals surface area contributed by atoms with Gasteiger partial charge in [0.15, 0.2) is 0 Å². The van der Waals surface area contributed by atoms with Crippen molar-refractivity contribution in [3.8, 4) is 0 Å². The van der Waals surface area contributed by atoms with E-state index in [9.17, 15) is 24.0 Å². The lowest BCUT2D eigenvalue weighted by Crippen LogP contribution is -2.54. The fraction of sp³-hybridized carbons (Fsp3) is 0.560. The van der Waals surface area contributed by atoms with Crippen molar-refractivity contribution in [2.45, 2.75) is 77.6 Å². The summed E-state index contributed by atoms with van der Waals surface area (Å²) in [5.41, 5.74) is 0.00718. The first-order chi connectivity index (χ1) is 16.3. The number of benzene rings is 1. The Morgan fingerprint density at radius 3 is 2.29 bits per heavy atom. The third-order valence-electron chi connectivity index (χ3n) is 5.27. The van der Waals surface area contributed by atoms with E-state index in [1.165, 1.54) is 7.11 Å². The van der Waals surface area contributed by atoms with Gasteiger partial charge in [-0.1, -0.05) is 44.2 Å². The molecule has 2 rings (SSSR count). The number of likely N-dealkylation sites (tertiary alicyclic amines) is 1. The van der Waals surface area contributed by atoms with E-state index in [4.69, 9.17) is 9.47 Å². The Bertz CT molecular complexity index is 940. The van der Waals surface area contributed by atoms with E-state index in [0.29, 0.717) is 0 Å². The number of imide groups is 1. The van der Waals surface area contributed by atoms with E-state index in [0.717, 1.165) is 10.5 Å². The molecule has 2 N–H and O–H groups in total. The van der Waals surface area contributed by atoms with Gasteiger partial charge in [-0.3, -0.25) is 19.3 Å². The van der Waals surface area contributed by atoms with E-state index < -0.39 is 53.5 Å². The van der Waals surface area contributed by atoms with Crippen LogP contribution in [0.4, 0.5) is 4.79 Å². The number of methoxy groups -OCH3 is 1. The summed E-state index contributed by atoms with van der Waals surface area (Å²) in [6.45, 7) is 8.81. The van der Waals surface area contributed by atoms with Gasteiger partial charge in [-0.05, 0) is 38.7 Å². The van der Waals surface area contributed by atoms with Crippen LogP contribution < -0.4 is 10.6 Å². The van der Waals surface area contributed by atoms with Crippen molar-refractivity contribution in [3.05, 3.63) is 35.9 Å². The molecule has 1 saturated heterocycles. The van der Waals surface area contributed by atoms with Crippen LogP contribution in [0.5, 0.6) is 0 Å². The first kappa shape index (κ1) is 27.8. The van der Waals surface area contributed by atoms with E-state index in [-0.39, 0.29) is 25.2 Å². The summed E-state index contributed by atoms with van der Waals surface area (Å²) >= 11 is 0. The first-order valence-corrected chi connectivity index (χ1v) is 11.6.